The number of carbonyl (C=O) groups is 3. The first kappa shape index (κ1) is 25.0. The lowest BCUT2D eigenvalue weighted by Crippen LogP contribution is -2.36. The highest BCUT2D eigenvalue weighted by molar-refractivity contribution is 6.22. The van der Waals surface area contributed by atoms with E-state index in [4.69, 9.17) is 9.15 Å². The van der Waals surface area contributed by atoms with Gasteiger partial charge in [0, 0.05) is 29.5 Å². The molecule has 6 rings (SSSR count). The molecule has 1 aromatic heterocycles. The van der Waals surface area contributed by atoms with Gasteiger partial charge in [0.2, 0.25) is 5.89 Å². The Morgan fingerprint density at radius 3 is 2.49 bits per heavy atom. The molecule has 2 aliphatic rings. The van der Waals surface area contributed by atoms with Crippen LogP contribution in [0, 0.1) is 0 Å². The van der Waals surface area contributed by atoms with Crippen molar-refractivity contribution < 1.29 is 23.5 Å². The number of oxazole rings is 1. The van der Waals surface area contributed by atoms with Gasteiger partial charge in [0.25, 0.3) is 17.7 Å². The van der Waals surface area contributed by atoms with Gasteiger partial charge in [-0.2, -0.15) is 0 Å². The zero-order chi connectivity index (χ0) is 27.3. The maximum Gasteiger partial charge on any atom is 0.261 e. The third kappa shape index (κ3) is 4.72. The maximum absolute atomic E-state index is 13.1. The van der Waals surface area contributed by atoms with Gasteiger partial charge in [-0.15, -0.1) is 0 Å². The quantitative estimate of drug-likeness (QED) is 0.331. The Labute approximate surface area is 226 Å². The van der Waals surface area contributed by atoms with Crippen LogP contribution in [0.25, 0.3) is 22.6 Å². The first-order valence-corrected chi connectivity index (χ1v) is 13.1. The highest BCUT2D eigenvalue weighted by atomic mass is 16.5. The van der Waals surface area contributed by atoms with E-state index in [2.05, 4.69) is 43.2 Å². The summed E-state index contributed by atoms with van der Waals surface area (Å²) in [4.78, 5) is 44.6. The van der Waals surface area contributed by atoms with Gasteiger partial charge in [0.1, 0.15) is 5.52 Å². The minimum atomic E-state index is -0.397. The Morgan fingerprint density at radius 2 is 1.77 bits per heavy atom. The average molecular weight is 524 g/mol. The number of rotatable bonds is 5. The first-order chi connectivity index (χ1) is 18.7. The molecule has 1 fully saturated rings. The molecule has 1 atom stereocenters. The Bertz CT molecular complexity index is 1610. The van der Waals surface area contributed by atoms with E-state index in [-0.39, 0.29) is 35.1 Å². The molecule has 1 N–H and O–H groups in total. The Balaban J connectivity index is 1.19. The lowest BCUT2D eigenvalue weighted by molar-refractivity contribution is 0.0475. The van der Waals surface area contributed by atoms with Crippen molar-refractivity contribution in [1.82, 2.24) is 9.88 Å². The largest absolute Gasteiger partial charge is 0.436 e. The topological polar surface area (TPSA) is 102 Å². The highest BCUT2D eigenvalue weighted by Gasteiger charge is 2.38. The molecule has 1 saturated heterocycles. The standard InChI is InChI=1S/C31H29N3O5/c1-31(2,3)20-9-6-18(7-10-20)28-33-25-13-11-21(16-26(25)39-28)32-27(35)19-8-12-23-24(15-19)30(37)34(29(23)36)17-22-5-4-14-38-22/h6-13,15-16,22H,4-5,14,17H2,1-3H3,(H,32,35). The SMILES string of the molecule is CC(C)(C)c1ccc(-c2nc3ccc(NC(=O)c4ccc5c(c4)C(=O)N(CC4CCCO4)C5=O)cc3o2)cc1. The van der Waals surface area contributed by atoms with Gasteiger partial charge in [-0.3, -0.25) is 19.3 Å². The molecule has 39 heavy (non-hydrogen) atoms. The minimum Gasteiger partial charge on any atom is -0.436 e. The predicted octanol–water partition coefficient (Wildman–Crippen LogP) is 5.82. The van der Waals surface area contributed by atoms with Crippen LogP contribution >= 0.6 is 0 Å². The monoisotopic (exact) mass is 523 g/mol. The van der Waals surface area contributed by atoms with Crippen LogP contribution in [0.2, 0.25) is 0 Å². The molecule has 0 bridgehead atoms. The summed E-state index contributed by atoms with van der Waals surface area (Å²) in [5.41, 5.74) is 4.72. The minimum absolute atomic E-state index is 0.0540. The van der Waals surface area contributed by atoms with E-state index in [9.17, 15) is 14.4 Å². The number of hydrogen-bond donors (Lipinski definition) is 1. The van der Waals surface area contributed by atoms with Crippen LogP contribution in [0.15, 0.2) is 65.1 Å². The van der Waals surface area contributed by atoms with Gasteiger partial charge in [-0.05, 0) is 66.3 Å². The number of nitrogens with one attached hydrogen (secondary N) is 1. The Hall–Kier alpha value is -4.30. The maximum atomic E-state index is 13.1. The van der Waals surface area contributed by atoms with Crippen LogP contribution in [-0.2, 0) is 10.2 Å². The highest BCUT2D eigenvalue weighted by Crippen LogP contribution is 2.30. The number of carbonyl (C=O) groups excluding carboxylic acids is 3. The summed E-state index contributed by atoms with van der Waals surface area (Å²) >= 11 is 0. The zero-order valence-electron chi connectivity index (χ0n) is 22.1. The molecule has 0 radical (unpaired) electrons. The number of imide groups is 1. The smallest absolute Gasteiger partial charge is 0.261 e. The molecule has 4 aromatic rings. The number of benzene rings is 3. The molecule has 3 aromatic carbocycles. The summed E-state index contributed by atoms with van der Waals surface area (Å²) in [6.07, 6.45) is 1.61. The van der Waals surface area contributed by atoms with Crippen LogP contribution < -0.4 is 5.32 Å². The van der Waals surface area contributed by atoms with E-state index in [0.717, 1.165) is 18.4 Å². The molecule has 8 nitrogen and oxygen atoms in total. The molecule has 3 heterocycles. The lowest BCUT2D eigenvalue weighted by atomic mass is 9.87. The second-order valence-electron chi connectivity index (χ2n) is 11.1. The fourth-order valence-corrected chi connectivity index (χ4v) is 5.03. The second kappa shape index (κ2) is 9.47. The van der Waals surface area contributed by atoms with E-state index < -0.39 is 11.8 Å². The Kier molecular flexibility index (Phi) is 6.07. The zero-order valence-corrected chi connectivity index (χ0v) is 22.1. The second-order valence-corrected chi connectivity index (χ2v) is 11.1. The number of anilines is 1. The Morgan fingerprint density at radius 1 is 1.00 bits per heavy atom. The lowest BCUT2D eigenvalue weighted by Gasteiger charge is -2.18. The molecular weight excluding hydrogens is 494 g/mol. The van der Waals surface area contributed by atoms with Crippen molar-refractivity contribution in [3.63, 3.8) is 0 Å². The van der Waals surface area contributed by atoms with Gasteiger partial charge in [0.05, 0.1) is 23.8 Å². The predicted molar refractivity (Wildman–Crippen MR) is 147 cm³/mol. The molecule has 0 saturated carbocycles. The van der Waals surface area contributed by atoms with Crippen LogP contribution in [-0.4, -0.2) is 46.9 Å². The van der Waals surface area contributed by atoms with Crippen molar-refractivity contribution >= 4 is 34.5 Å². The number of aromatic nitrogens is 1. The van der Waals surface area contributed by atoms with Crippen LogP contribution in [0.5, 0.6) is 0 Å². The van der Waals surface area contributed by atoms with E-state index in [0.29, 0.717) is 34.8 Å². The van der Waals surface area contributed by atoms with Gasteiger partial charge in [-0.25, -0.2) is 4.98 Å². The van der Waals surface area contributed by atoms with Crippen molar-refractivity contribution in [3.8, 4) is 11.5 Å². The normalized spacial score (nSPS) is 17.2. The van der Waals surface area contributed by atoms with Crippen molar-refractivity contribution in [3.05, 3.63) is 82.9 Å². The van der Waals surface area contributed by atoms with Crippen molar-refractivity contribution in [1.29, 1.82) is 0 Å². The van der Waals surface area contributed by atoms with Crippen LogP contribution in [0.4, 0.5) is 5.69 Å². The van der Waals surface area contributed by atoms with Crippen molar-refractivity contribution in [2.24, 2.45) is 0 Å². The number of nitrogens with zero attached hydrogens (tertiary/aromatic N) is 2. The van der Waals surface area contributed by atoms with E-state index in [1.807, 2.05) is 12.1 Å². The van der Waals surface area contributed by atoms with E-state index in [1.54, 1.807) is 24.3 Å². The molecule has 8 heteroatoms. The molecular formula is C31H29N3O5. The van der Waals surface area contributed by atoms with Crippen molar-refractivity contribution in [2.45, 2.75) is 45.1 Å². The summed E-state index contributed by atoms with van der Waals surface area (Å²) in [7, 11) is 0. The number of fused-ring (bicyclic) bond motifs is 2. The fraction of sp³-hybridized carbons (Fsp3) is 0.290. The fourth-order valence-electron chi connectivity index (χ4n) is 5.03. The number of ether oxygens (including phenoxy) is 1. The summed E-state index contributed by atoms with van der Waals surface area (Å²) in [5.74, 6) is -0.640. The molecule has 0 aliphatic carbocycles. The summed E-state index contributed by atoms with van der Waals surface area (Å²) in [6.45, 7) is 7.37. The number of hydrogen-bond acceptors (Lipinski definition) is 6. The van der Waals surface area contributed by atoms with E-state index >= 15 is 0 Å². The molecule has 3 amide bonds. The molecule has 0 spiro atoms. The van der Waals surface area contributed by atoms with Crippen molar-refractivity contribution in [2.75, 3.05) is 18.5 Å². The third-order valence-corrected chi connectivity index (χ3v) is 7.29. The number of amides is 3. The first-order valence-electron chi connectivity index (χ1n) is 13.1. The van der Waals surface area contributed by atoms with Gasteiger partial charge in [0.15, 0.2) is 5.58 Å². The average Bonchev–Trinajstić information content (AvgIpc) is 3.64. The molecule has 2 aliphatic heterocycles. The van der Waals surface area contributed by atoms with Gasteiger partial charge >= 0.3 is 0 Å². The van der Waals surface area contributed by atoms with Gasteiger partial charge < -0.3 is 14.5 Å². The van der Waals surface area contributed by atoms with Crippen LogP contribution in [0.3, 0.4) is 0 Å². The van der Waals surface area contributed by atoms with Gasteiger partial charge in [-0.1, -0.05) is 32.9 Å². The molecule has 198 valence electrons. The summed E-state index contributed by atoms with van der Waals surface area (Å²) in [5, 5.41) is 2.85. The summed E-state index contributed by atoms with van der Waals surface area (Å²) in [6, 6.07) is 18.0. The van der Waals surface area contributed by atoms with E-state index in [1.165, 1.54) is 22.6 Å². The summed E-state index contributed by atoms with van der Waals surface area (Å²) < 4.78 is 11.6. The molecule has 1 unspecified atom stereocenters. The van der Waals surface area contributed by atoms with Crippen LogP contribution in [0.1, 0.15) is 70.3 Å². The third-order valence-electron chi connectivity index (χ3n) is 7.29.